The molecule has 0 radical (unpaired) electrons. The van der Waals surface area contributed by atoms with Crippen molar-refractivity contribution in [2.75, 3.05) is 6.61 Å². The Labute approximate surface area is 144 Å². The predicted octanol–water partition coefficient (Wildman–Crippen LogP) is 1.63. The molecular formula is C18H13N5O2. The topological polar surface area (TPSA) is 147 Å². The lowest BCUT2D eigenvalue weighted by molar-refractivity contribution is -0.148. The van der Waals surface area contributed by atoms with E-state index in [9.17, 15) is 15.3 Å². The summed E-state index contributed by atoms with van der Waals surface area (Å²) in [6, 6.07) is 15.5. The van der Waals surface area contributed by atoms with Crippen LogP contribution in [-0.2, 0) is 9.53 Å². The van der Waals surface area contributed by atoms with E-state index in [1.54, 1.807) is 49.4 Å². The maximum atomic E-state index is 12.6. The smallest absolute Gasteiger partial charge is 0.329 e. The molecule has 1 aliphatic rings. The number of benzene rings is 1. The van der Waals surface area contributed by atoms with Gasteiger partial charge in [-0.05, 0) is 12.5 Å². The van der Waals surface area contributed by atoms with Crippen LogP contribution in [0.4, 0.5) is 0 Å². The van der Waals surface area contributed by atoms with Crippen molar-refractivity contribution in [3.8, 4) is 24.3 Å². The number of nitrogens with zero attached hydrogens (tertiary/aromatic N) is 4. The summed E-state index contributed by atoms with van der Waals surface area (Å²) in [5.74, 6) is -1.84. The van der Waals surface area contributed by atoms with Crippen molar-refractivity contribution in [1.29, 1.82) is 21.0 Å². The van der Waals surface area contributed by atoms with Gasteiger partial charge in [0, 0.05) is 5.92 Å². The molecule has 0 aromatic heterocycles. The summed E-state index contributed by atoms with van der Waals surface area (Å²) in [5.41, 5.74) is 1.85. The van der Waals surface area contributed by atoms with E-state index >= 15 is 0 Å². The zero-order valence-corrected chi connectivity index (χ0v) is 13.4. The molecule has 1 fully saturated rings. The summed E-state index contributed by atoms with van der Waals surface area (Å²) in [5, 5.41) is 37.8. The molecule has 2 N–H and O–H groups in total. The van der Waals surface area contributed by atoms with Gasteiger partial charge in [0.1, 0.15) is 23.1 Å². The van der Waals surface area contributed by atoms with Gasteiger partial charge in [-0.1, -0.05) is 30.3 Å². The maximum Gasteiger partial charge on any atom is 0.329 e. The van der Waals surface area contributed by atoms with Crippen LogP contribution in [0, 0.1) is 56.2 Å². The average molecular weight is 331 g/mol. The first kappa shape index (κ1) is 17.5. The van der Waals surface area contributed by atoms with E-state index in [0.717, 1.165) is 0 Å². The quantitative estimate of drug-likeness (QED) is 0.651. The Bertz CT molecular complexity index is 894. The molecule has 1 aromatic carbocycles. The van der Waals surface area contributed by atoms with Crippen molar-refractivity contribution in [3.63, 3.8) is 0 Å². The van der Waals surface area contributed by atoms with Gasteiger partial charge < -0.3 is 10.5 Å². The van der Waals surface area contributed by atoms with Crippen molar-refractivity contribution in [1.82, 2.24) is 0 Å². The van der Waals surface area contributed by atoms with Gasteiger partial charge in [0.25, 0.3) is 0 Å². The Kier molecular flexibility index (Phi) is 4.46. The van der Waals surface area contributed by atoms with Crippen LogP contribution in [0.5, 0.6) is 0 Å². The highest BCUT2D eigenvalue weighted by atomic mass is 16.5. The normalized spacial score (nSPS) is 26.0. The molecule has 1 aliphatic carbocycles. The fourth-order valence-corrected chi connectivity index (χ4v) is 3.27. The molecule has 0 spiro atoms. The molecule has 1 saturated carbocycles. The van der Waals surface area contributed by atoms with Crippen molar-refractivity contribution in [3.05, 3.63) is 47.2 Å². The van der Waals surface area contributed by atoms with Crippen molar-refractivity contribution in [2.24, 2.45) is 16.6 Å². The SMILES string of the molecule is CCOC(=O)[C@]1(C#N)[C@H](c2ccccc2)[C@@]1(C#N)C(N)=C(C#N)C#N. The third-order valence-corrected chi connectivity index (χ3v) is 4.41. The zero-order chi connectivity index (χ0) is 18.7. The van der Waals surface area contributed by atoms with Crippen LogP contribution < -0.4 is 5.73 Å². The first-order valence-corrected chi connectivity index (χ1v) is 7.36. The molecule has 3 atom stereocenters. The van der Waals surface area contributed by atoms with E-state index < -0.39 is 28.3 Å². The number of ether oxygens (including phenoxy) is 1. The van der Waals surface area contributed by atoms with Crippen LogP contribution in [0.15, 0.2) is 41.6 Å². The Morgan fingerprint density at radius 3 is 2.12 bits per heavy atom. The van der Waals surface area contributed by atoms with Crippen LogP contribution in [0.3, 0.4) is 0 Å². The molecule has 122 valence electrons. The minimum absolute atomic E-state index is 0.0122. The standard InChI is InChI=1S/C18H13N5O2/c1-2-25-16(24)18(11-22)14(12-6-4-3-5-7-12)17(18,10-21)15(23)13(8-19)9-20/h3-7,14H,2,23H2,1H3/t14-,17+,18+/m1/s1. The number of hydrogen-bond acceptors (Lipinski definition) is 7. The molecule has 7 heteroatoms. The van der Waals surface area contributed by atoms with E-state index in [2.05, 4.69) is 0 Å². The lowest BCUT2D eigenvalue weighted by Gasteiger charge is -2.13. The van der Waals surface area contributed by atoms with Gasteiger partial charge in [-0.3, -0.25) is 4.79 Å². The second-order valence-electron chi connectivity index (χ2n) is 5.42. The number of allylic oxidation sites excluding steroid dienone is 2. The molecular weight excluding hydrogens is 318 g/mol. The fraction of sp³-hybridized carbons (Fsp3) is 0.278. The fourth-order valence-electron chi connectivity index (χ4n) is 3.27. The van der Waals surface area contributed by atoms with Gasteiger partial charge in [-0.15, -0.1) is 0 Å². The van der Waals surface area contributed by atoms with Crippen molar-refractivity contribution < 1.29 is 9.53 Å². The first-order chi connectivity index (χ1) is 12.0. The Balaban J connectivity index is 2.81. The highest BCUT2D eigenvalue weighted by Gasteiger charge is 2.86. The van der Waals surface area contributed by atoms with Gasteiger partial charge in [-0.2, -0.15) is 21.0 Å². The minimum Gasteiger partial charge on any atom is -0.465 e. The van der Waals surface area contributed by atoms with Gasteiger partial charge in [0.15, 0.2) is 5.41 Å². The van der Waals surface area contributed by atoms with Gasteiger partial charge >= 0.3 is 5.97 Å². The predicted molar refractivity (Wildman–Crippen MR) is 84.3 cm³/mol. The van der Waals surface area contributed by atoms with Crippen LogP contribution in [0.1, 0.15) is 18.4 Å². The summed E-state index contributed by atoms with van der Waals surface area (Å²) < 4.78 is 5.01. The summed E-state index contributed by atoms with van der Waals surface area (Å²) in [7, 11) is 0. The molecule has 25 heavy (non-hydrogen) atoms. The lowest BCUT2D eigenvalue weighted by atomic mass is 9.89. The van der Waals surface area contributed by atoms with Crippen molar-refractivity contribution in [2.45, 2.75) is 12.8 Å². The summed E-state index contributed by atoms with van der Waals surface area (Å²) >= 11 is 0. The summed E-state index contributed by atoms with van der Waals surface area (Å²) in [6.45, 7) is 1.59. The Morgan fingerprint density at radius 2 is 1.68 bits per heavy atom. The summed E-state index contributed by atoms with van der Waals surface area (Å²) in [6.07, 6.45) is 0. The van der Waals surface area contributed by atoms with Gasteiger partial charge in [0.2, 0.25) is 0 Å². The van der Waals surface area contributed by atoms with Crippen molar-refractivity contribution >= 4 is 5.97 Å². The van der Waals surface area contributed by atoms with E-state index in [0.29, 0.717) is 5.56 Å². The number of nitriles is 4. The molecule has 2 rings (SSSR count). The van der Waals surface area contributed by atoms with E-state index in [4.69, 9.17) is 21.0 Å². The molecule has 1 aromatic rings. The van der Waals surface area contributed by atoms with E-state index in [-0.39, 0.29) is 12.3 Å². The third-order valence-electron chi connectivity index (χ3n) is 4.41. The molecule has 0 heterocycles. The molecule has 0 amide bonds. The molecule has 7 nitrogen and oxygen atoms in total. The lowest BCUT2D eigenvalue weighted by Crippen LogP contribution is -2.28. The highest BCUT2D eigenvalue weighted by molar-refractivity contribution is 5.91. The number of rotatable bonds is 4. The number of nitrogens with two attached hydrogens (primary N) is 1. The third kappa shape index (κ3) is 2.12. The summed E-state index contributed by atoms with van der Waals surface area (Å²) in [4.78, 5) is 12.6. The Hall–Kier alpha value is -3.81. The number of carbonyl (C=O) groups is 1. The number of carbonyl (C=O) groups excluding carboxylic acids is 1. The van der Waals surface area contributed by atoms with Crippen LogP contribution in [0.25, 0.3) is 0 Å². The van der Waals surface area contributed by atoms with Crippen LogP contribution in [0.2, 0.25) is 0 Å². The highest BCUT2D eigenvalue weighted by Crippen LogP contribution is 2.76. The minimum atomic E-state index is -1.91. The monoisotopic (exact) mass is 331 g/mol. The second kappa shape index (κ2) is 6.36. The zero-order valence-electron chi connectivity index (χ0n) is 13.4. The first-order valence-electron chi connectivity index (χ1n) is 7.36. The number of esters is 1. The Morgan fingerprint density at radius 1 is 1.12 bits per heavy atom. The second-order valence-corrected chi connectivity index (χ2v) is 5.42. The largest absolute Gasteiger partial charge is 0.465 e. The maximum absolute atomic E-state index is 12.6. The van der Waals surface area contributed by atoms with Crippen LogP contribution in [-0.4, -0.2) is 12.6 Å². The molecule has 0 aliphatic heterocycles. The van der Waals surface area contributed by atoms with E-state index in [1.807, 2.05) is 12.1 Å². The molecule has 0 bridgehead atoms. The average Bonchev–Trinajstić information content (AvgIpc) is 3.28. The number of hydrogen-bond donors (Lipinski definition) is 1. The van der Waals surface area contributed by atoms with Crippen LogP contribution >= 0.6 is 0 Å². The van der Waals surface area contributed by atoms with E-state index in [1.165, 1.54) is 0 Å². The molecule has 0 unspecified atom stereocenters. The van der Waals surface area contributed by atoms with Gasteiger partial charge in [0.05, 0.1) is 24.4 Å². The van der Waals surface area contributed by atoms with Gasteiger partial charge in [-0.25, -0.2) is 0 Å². The molecule has 0 saturated heterocycles.